The van der Waals surface area contributed by atoms with Crippen molar-refractivity contribution in [3.8, 4) is 0 Å². The Bertz CT molecular complexity index is 891. The molecule has 8 nitrogen and oxygen atoms in total. The van der Waals surface area contributed by atoms with Gasteiger partial charge in [0, 0.05) is 12.4 Å². The van der Waals surface area contributed by atoms with Crippen LogP contribution in [0, 0.1) is 6.92 Å². The summed E-state index contributed by atoms with van der Waals surface area (Å²) in [6.07, 6.45) is 0.842. The van der Waals surface area contributed by atoms with E-state index in [1.165, 1.54) is 4.90 Å². The Labute approximate surface area is 177 Å². The van der Waals surface area contributed by atoms with Crippen molar-refractivity contribution in [1.82, 2.24) is 9.88 Å². The average Bonchev–Trinajstić information content (AvgIpc) is 3.26. The van der Waals surface area contributed by atoms with Gasteiger partial charge in [-0.3, -0.25) is 5.32 Å². The lowest BCUT2D eigenvalue weighted by molar-refractivity contribution is 0.0527. The van der Waals surface area contributed by atoms with Gasteiger partial charge in [-0.15, -0.1) is 22.7 Å². The Morgan fingerprint density at radius 3 is 2.38 bits per heavy atom. The number of nitrogens with one attached hydrogen (secondary N) is 1. The highest BCUT2D eigenvalue weighted by Crippen LogP contribution is 2.34. The Kier molecular flexibility index (Phi) is 8.15. The standard InChI is InChI=1S/C19H25N3O5S2/c1-6-13-20-12(10-28-13)9-22(5)19(25)21-16-14(17(23)26-7-2)11(4)15(29-16)18(24)27-8-3/h10H,6-9H2,1-5H3,(H,21,25). The number of urea groups is 1. The molecular weight excluding hydrogens is 414 g/mol. The number of carbonyl (C=O) groups is 3. The van der Waals surface area contributed by atoms with Gasteiger partial charge in [-0.1, -0.05) is 6.92 Å². The summed E-state index contributed by atoms with van der Waals surface area (Å²) in [6, 6.07) is -0.418. The fraction of sp³-hybridized carbons (Fsp3) is 0.474. The highest BCUT2D eigenvalue weighted by molar-refractivity contribution is 7.18. The molecule has 1 N–H and O–H groups in total. The number of ether oxygens (including phenoxy) is 2. The number of carbonyl (C=O) groups excluding carboxylic acids is 3. The molecule has 0 unspecified atom stereocenters. The molecule has 0 aliphatic heterocycles. The minimum atomic E-state index is -0.596. The van der Waals surface area contributed by atoms with Crippen molar-refractivity contribution >= 4 is 45.6 Å². The number of hydrogen-bond acceptors (Lipinski definition) is 8. The fourth-order valence-electron chi connectivity index (χ4n) is 2.53. The maximum atomic E-state index is 12.7. The molecule has 2 rings (SSSR count). The van der Waals surface area contributed by atoms with Crippen LogP contribution < -0.4 is 5.32 Å². The maximum absolute atomic E-state index is 12.7. The zero-order valence-corrected chi connectivity index (χ0v) is 18.8. The number of esters is 2. The highest BCUT2D eigenvalue weighted by atomic mass is 32.1. The number of amides is 2. The molecule has 0 aliphatic carbocycles. The van der Waals surface area contributed by atoms with E-state index >= 15 is 0 Å². The number of hydrogen-bond donors (Lipinski definition) is 1. The first-order chi connectivity index (χ1) is 13.8. The molecule has 0 aromatic carbocycles. The molecule has 2 aromatic rings. The lowest BCUT2D eigenvalue weighted by Crippen LogP contribution is -2.31. The molecule has 0 aliphatic rings. The minimum Gasteiger partial charge on any atom is -0.462 e. The predicted molar refractivity (Wildman–Crippen MR) is 113 cm³/mol. The Balaban J connectivity index is 2.24. The quantitative estimate of drug-likeness (QED) is 0.622. The molecule has 0 radical (unpaired) electrons. The van der Waals surface area contributed by atoms with Crippen LogP contribution in [0.2, 0.25) is 0 Å². The summed E-state index contributed by atoms with van der Waals surface area (Å²) in [4.78, 5) is 43.5. The highest BCUT2D eigenvalue weighted by Gasteiger charge is 2.28. The Morgan fingerprint density at radius 2 is 1.79 bits per heavy atom. The smallest absolute Gasteiger partial charge is 0.348 e. The van der Waals surface area contributed by atoms with E-state index in [9.17, 15) is 14.4 Å². The van der Waals surface area contributed by atoms with Crippen LogP contribution in [0.15, 0.2) is 5.38 Å². The maximum Gasteiger partial charge on any atom is 0.348 e. The van der Waals surface area contributed by atoms with E-state index in [0.717, 1.165) is 28.5 Å². The van der Waals surface area contributed by atoms with Gasteiger partial charge in [0.05, 0.1) is 36.0 Å². The van der Waals surface area contributed by atoms with Crippen molar-refractivity contribution in [3.05, 3.63) is 32.1 Å². The second kappa shape index (κ2) is 10.4. The van der Waals surface area contributed by atoms with Crippen molar-refractivity contribution in [2.24, 2.45) is 0 Å². The van der Waals surface area contributed by atoms with E-state index in [1.807, 2.05) is 12.3 Å². The fourth-order valence-corrected chi connectivity index (χ4v) is 4.35. The predicted octanol–water partition coefficient (Wildman–Crippen LogP) is 4.09. The molecule has 10 heteroatoms. The number of aryl methyl sites for hydroxylation is 1. The van der Waals surface area contributed by atoms with Crippen LogP contribution in [0.4, 0.5) is 9.80 Å². The molecule has 2 aromatic heterocycles. The van der Waals surface area contributed by atoms with E-state index < -0.39 is 18.0 Å². The number of aromatic nitrogens is 1. The molecule has 2 heterocycles. The van der Waals surface area contributed by atoms with Gasteiger partial charge >= 0.3 is 18.0 Å². The summed E-state index contributed by atoms with van der Waals surface area (Å²) in [5.41, 5.74) is 1.39. The van der Waals surface area contributed by atoms with Gasteiger partial charge in [0.1, 0.15) is 9.88 Å². The van der Waals surface area contributed by atoms with Gasteiger partial charge in [-0.2, -0.15) is 0 Å². The average molecular weight is 440 g/mol. The van der Waals surface area contributed by atoms with Crippen LogP contribution in [0.1, 0.15) is 57.1 Å². The summed E-state index contributed by atoms with van der Waals surface area (Å²) >= 11 is 2.55. The van der Waals surface area contributed by atoms with Crippen LogP contribution in [0.3, 0.4) is 0 Å². The van der Waals surface area contributed by atoms with Gasteiger partial charge in [0.2, 0.25) is 0 Å². The van der Waals surface area contributed by atoms with E-state index in [4.69, 9.17) is 9.47 Å². The van der Waals surface area contributed by atoms with Gasteiger partial charge in [-0.25, -0.2) is 19.4 Å². The Morgan fingerprint density at radius 1 is 1.14 bits per heavy atom. The largest absolute Gasteiger partial charge is 0.462 e. The summed E-state index contributed by atoms with van der Waals surface area (Å²) in [5.74, 6) is -1.13. The molecule has 2 amide bonds. The molecule has 0 atom stereocenters. The summed E-state index contributed by atoms with van der Waals surface area (Å²) in [6.45, 7) is 7.77. The number of rotatable bonds is 8. The lowest BCUT2D eigenvalue weighted by atomic mass is 10.1. The molecule has 0 saturated carbocycles. The van der Waals surface area contributed by atoms with Crippen LogP contribution >= 0.6 is 22.7 Å². The number of nitrogens with zero attached hydrogens (tertiary/aromatic N) is 2. The molecular formula is C19H25N3O5S2. The lowest BCUT2D eigenvalue weighted by Gasteiger charge is -2.16. The molecule has 0 fully saturated rings. The number of anilines is 1. The van der Waals surface area contributed by atoms with Gasteiger partial charge in [0.15, 0.2) is 0 Å². The third kappa shape index (κ3) is 5.54. The van der Waals surface area contributed by atoms with Crippen molar-refractivity contribution in [2.45, 2.75) is 40.7 Å². The molecule has 29 heavy (non-hydrogen) atoms. The third-order valence-electron chi connectivity index (χ3n) is 3.96. The molecule has 0 bridgehead atoms. The second-order valence-corrected chi connectivity index (χ2v) is 8.04. The first-order valence-electron chi connectivity index (χ1n) is 9.25. The first kappa shape index (κ1) is 22.8. The number of thiazole rings is 1. The zero-order valence-electron chi connectivity index (χ0n) is 17.2. The van der Waals surface area contributed by atoms with Crippen molar-refractivity contribution in [1.29, 1.82) is 0 Å². The van der Waals surface area contributed by atoms with E-state index in [2.05, 4.69) is 10.3 Å². The van der Waals surface area contributed by atoms with Gasteiger partial charge < -0.3 is 14.4 Å². The summed E-state index contributed by atoms with van der Waals surface area (Å²) in [5, 5.41) is 5.90. The van der Waals surface area contributed by atoms with Crippen molar-refractivity contribution < 1.29 is 23.9 Å². The summed E-state index contributed by atoms with van der Waals surface area (Å²) in [7, 11) is 1.64. The van der Waals surface area contributed by atoms with Crippen molar-refractivity contribution in [3.63, 3.8) is 0 Å². The van der Waals surface area contributed by atoms with Crippen molar-refractivity contribution in [2.75, 3.05) is 25.6 Å². The topological polar surface area (TPSA) is 97.8 Å². The first-order valence-corrected chi connectivity index (χ1v) is 10.9. The SMILES string of the molecule is CCOC(=O)c1sc(NC(=O)N(C)Cc2csc(CC)n2)c(C(=O)OCC)c1C. The van der Waals surface area contributed by atoms with E-state index in [1.54, 1.807) is 39.2 Å². The minimum absolute atomic E-state index is 0.170. The van der Waals surface area contributed by atoms with E-state index in [-0.39, 0.29) is 28.7 Å². The third-order valence-corrected chi connectivity index (χ3v) is 6.18. The van der Waals surface area contributed by atoms with Crippen LogP contribution in [0.5, 0.6) is 0 Å². The zero-order chi connectivity index (χ0) is 21.6. The van der Waals surface area contributed by atoms with Crippen LogP contribution in [0.25, 0.3) is 0 Å². The Hall–Kier alpha value is -2.46. The van der Waals surface area contributed by atoms with Crippen LogP contribution in [-0.4, -0.2) is 48.1 Å². The molecule has 158 valence electrons. The normalized spacial score (nSPS) is 10.5. The molecule has 0 saturated heterocycles. The molecule has 0 spiro atoms. The van der Waals surface area contributed by atoms with Gasteiger partial charge in [-0.05, 0) is 32.8 Å². The summed E-state index contributed by atoms with van der Waals surface area (Å²) < 4.78 is 10.1. The second-order valence-electron chi connectivity index (χ2n) is 6.07. The van der Waals surface area contributed by atoms with E-state index in [0.29, 0.717) is 12.1 Å². The van der Waals surface area contributed by atoms with Gasteiger partial charge in [0.25, 0.3) is 0 Å². The monoisotopic (exact) mass is 439 g/mol. The number of thiophene rings is 1. The van der Waals surface area contributed by atoms with Crippen LogP contribution in [-0.2, 0) is 22.4 Å².